The number of halogens is 1. The molecule has 0 unspecified atom stereocenters. The van der Waals surface area contributed by atoms with Crippen LogP contribution in [0.25, 0.3) is 11.4 Å². The van der Waals surface area contributed by atoms with Crippen LogP contribution >= 0.6 is 27.7 Å². The smallest absolute Gasteiger partial charge is 0.313 e. The maximum atomic E-state index is 10.7. The minimum atomic E-state index is -0.884. The van der Waals surface area contributed by atoms with Crippen LogP contribution in [0.15, 0.2) is 33.9 Å². The van der Waals surface area contributed by atoms with Gasteiger partial charge in [0.25, 0.3) is 0 Å². The van der Waals surface area contributed by atoms with E-state index in [9.17, 15) is 4.79 Å². The zero-order valence-corrected chi connectivity index (χ0v) is 13.7. The first-order valence-corrected chi connectivity index (χ1v) is 7.92. The largest absolute Gasteiger partial charge is 0.481 e. The fourth-order valence-corrected chi connectivity index (χ4v) is 2.83. The van der Waals surface area contributed by atoms with Crippen LogP contribution in [0.3, 0.4) is 0 Å². The Morgan fingerprint density at radius 3 is 2.95 bits per heavy atom. The first-order valence-electron chi connectivity index (χ1n) is 6.14. The van der Waals surface area contributed by atoms with E-state index in [4.69, 9.17) is 9.84 Å². The monoisotopic (exact) mass is 371 g/mol. The number of rotatable bonds is 7. The summed E-state index contributed by atoms with van der Waals surface area (Å²) < 4.78 is 7.92. The minimum absolute atomic E-state index is 0.0520. The van der Waals surface area contributed by atoms with Gasteiger partial charge in [-0.1, -0.05) is 39.8 Å². The van der Waals surface area contributed by atoms with Crippen molar-refractivity contribution in [3.05, 3.63) is 28.7 Å². The van der Waals surface area contributed by atoms with Crippen LogP contribution in [-0.4, -0.2) is 45.3 Å². The number of ether oxygens (including phenoxy) is 1. The second-order valence-corrected chi connectivity index (χ2v) is 6.00. The third-order valence-corrected chi connectivity index (χ3v) is 4.09. The number of methoxy groups -OCH3 is 1. The normalized spacial score (nSPS) is 10.8. The molecule has 0 fully saturated rings. The van der Waals surface area contributed by atoms with Crippen molar-refractivity contribution in [2.75, 3.05) is 19.5 Å². The third kappa shape index (κ3) is 4.29. The van der Waals surface area contributed by atoms with Crippen molar-refractivity contribution in [1.82, 2.24) is 14.8 Å². The second kappa shape index (κ2) is 7.58. The molecule has 0 saturated carbocycles. The van der Waals surface area contributed by atoms with E-state index in [1.165, 1.54) is 0 Å². The number of carboxylic acid groups (broad SMARTS) is 1. The Hall–Kier alpha value is -1.38. The van der Waals surface area contributed by atoms with Gasteiger partial charge < -0.3 is 9.84 Å². The topological polar surface area (TPSA) is 77.2 Å². The van der Waals surface area contributed by atoms with Gasteiger partial charge >= 0.3 is 5.97 Å². The van der Waals surface area contributed by atoms with Gasteiger partial charge in [-0.2, -0.15) is 0 Å². The Morgan fingerprint density at radius 2 is 2.29 bits per heavy atom. The number of carboxylic acids is 1. The van der Waals surface area contributed by atoms with Crippen LogP contribution in [0.2, 0.25) is 0 Å². The number of thioether (sulfide) groups is 1. The highest BCUT2D eigenvalue weighted by Crippen LogP contribution is 2.25. The van der Waals surface area contributed by atoms with E-state index in [-0.39, 0.29) is 5.75 Å². The predicted octanol–water partition coefficient (Wildman–Crippen LogP) is 2.53. The molecule has 21 heavy (non-hydrogen) atoms. The average Bonchev–Trinajstić information content (AvgIpc) is 2.85. The summed E-state index contributed by atoms with van der Waals surface area (Å²) in [5, 5.41) is 17.6. The molecule has 0 saturated heterocycles. The molecule has 0 radical (unpaired) electrons. The summed E-state index contributed by atoms with van der Waals surface area (Å²) in [6.45, 7) is 1.06. The van der Waals surface area contributed by atoms with Crippen LogP contribution in [0.5, 0.6) is 0 Å². The number of aliphatic carboxylic acids is 1. The van der Waals surface area contributed by atoms with Crippen molar-refractivity contribution >= 4 is 33.7 Å². The van der Waals surface area contributed by atoms with Gasteiger partial charge in [-0.3, -0.25) is 9.36 Å². The molecule has 0 amide bonds. The van der Waals surface area contributed by atoms with E-state index in [2.05, 4.69) is 26.1 Å². The van der Waals surface area contributed by atoms with Crippen LogP contribution in [0, 0.1) is 0 Å². The van der Waals surface area contributed by atoms with Crippen LogP contribution in [0.1, 0.15) is 0 Å². The molecule has 0 atom stereocenters. The molecule has 2 rings (SSSR count). The Kier molecular flexibility index (Phi) is 5.77. The van der Waals surface area contributed by atoms with E-state index >= 15 is 0 Å². The van der Waals surface area contributed by atoms with E-state index in [0.717, 1.165) is 21.8 Å². The highest BCUT2D eigenvalue weighted by atomic mass is 79.9. The summed E-state index contributed by atoms with van der Waals surface area (Å²) in [6.07, 6.45) is 0. The molecule has 0 aliphatic heterocycles. The molecule has 8 heteroatoms. The number of hydrogen-bond donors (Lipinski definition) is 1. The van der Waals surface area contributed by atoms with Gasteiger partial charge in [0, 0.05) is 17.1 Å². The van der Waals surface area contributed by atoms with Gasteiger partial charge in [-0.05, 0) is 12.1 Å². The van der Waals surface area contributed by atoms with E-state index in [1.807, 2.05) is 28.8 Å². The highest BCUT2D eigenvalue weighted by molar-refractivity contribution is 9.10. The number of nitrogens with zero attached hydrogens (tertiary/aromatic N) is 3. The number of aromatic nitrogens is 3. The molecule has 0 aliphatic rings. The molecule has 112 valence electrons. The standard InChI is InChI=1S/C13H14BrN3O3S/c1-20-6-5-17-12(9-3-2-4-10(14)7-9)15-16-13(17)21-8-11(18)19/h2-4,7H,5-6,8H2,1H3,(H,18,19). The summed E-state index contributed by atoms with van der Waals surface area (Å²) >= 11 is 4.58. The zero-order valence-electron chi connectivity index (χ0n) is 11.3. The fraction of sp³-hybridized carbons (Fsp3) is 0.308. The molecule has 1 N–H and O–H groups in total. The van der Waals surface area contributed by atoms with Crippen molar-refractivity contribution in [3.8, 4) is 11.4 Å². The molecule has 1 aromatic heterocycles. The Labute approximate surface area is 134 Å². The van der Waals surface area contributed by atoms with Crippen molar-refractivity contribution in [3.63, 3.8) is 0 Å². The summed E-state index contributed by atoms with van der Waals surface area (Å²) in [5.41, 5.74) is 0.912. The van der Waals surface area contributed by atoms with E-state index < -0.39 is 5.97 Å². The number of carbonyl (C=O) groups is 1. The molecular weight excluding hydrogens is 358 g/mol. The van der Waals surface area contributed by atoms with Gasteiger partial charge in [0.1, 0.15) is 0 Å². The molecule has 0 bridgehead atoms. The van der Waals surface area contributed by atoms with Gasteiger partial charge in [-0.15, -0.1) is 10.2 Å². The lowest BCUT2D eigenvalue weighted by Gasteiger charge is -2.09. The average molecular weight is 372 g/mol. The Bertz CT molecular complexity index is 633. The lowest BCUT2D eigenvalue weighted by Crippen LogP contribution is -2.08. The Balaban J connectivity index is 2.33. The quantitative estimate of drug-likeness (QED) is 0.753. The third-order valence-electron chi connectivity index (χ3n) is 2.64. The fourth-order valence-electron chi connectivity index (χ4n) is 1.75. The van der Waals surface area contributed by atoms with Crippen LogP contribution < -0.4 is 0 Å². The molecule has 1 aromatic carbocycles. The van der Waals surface area contributed by atoms with Crippen molar-refractivity contribution in [2.45, 2.75) is 11.7 Å². The maximum Gasteiger partial charge on any atom is 0.313 e. The van der Waals surface area contributed by atoms with Crippen LogP contribution in [0.4, 0.5) is 0 Å². The molecule has 1 heterocycles. The SMILES string of the molecule is COCCn1c(SCC(=O)O)nnc1-c1cccc(Br)c1. The molecule has 2 aromatic rings. The molecule has 6 nitrogen and oxygen atoms in total. The maximum absolute atomic E-state index is 10.7. The van der Waals surface area contributed by atoms with Gasteiger partial charge in [-0.25, -0.2) is 0 Å². The first kappa shape index (κ1) is 16.0. The first-order chi connectivity index (χ1) is 10.1. The lowest BCUT2D eigenvalue weighted by atomic mass is 10.2. The summed E-state index contributed by atoms with van der Waals surface area (Å²) in [7, 11) is 1.62. The summed E-state index contributed by atoms with van der Waals surface area (Å²) in [6, 6.07) is 7.72. The lowest BCUT2D eigenvalue weighted by molar-refractivity contribution is -0.133. The van der Waals surface area contributed by atoms with Crippen molar-refractivity contribution in [1.29, 1.82) is 0 Å². The number of benzene rings is 1. The van der Waals surface area contributed by atoms with E-state index in [1.54, 1.807) is 7.11 Å². The predicted molar refractivity (Wildman–Crippen MR) is 83.4 cm³/mol. The minimum Gasteiger partial charge on any atom is -0.481 e. The van der Waals surface area contributed by atoms with Crippen molar-refractivity contribution in [2.24, 2.45) is 0 Å². The van der Waals surface area contributed by atoms with Gasteiger partial charge in [0.15, 0.2) is 11.0 Å². The Morgan fingerprint density at radius 1 is 1.48 bits per heavy atom. The van der Waals surface area contributed by atoms with Crippen LogP contribution in [-0.2, 0) is 16.1 Å². The number of hydrogen-bond acceptors (Lipinski definition) is 5. The van der Waals surface area contributed by atoms with Gasteiger partial charge in [0.2, 0.25) is 0 Å². The molecule has 0 aliphatic carbocycles. The second-order valence-electron chi connectivity index (χ2n) is 4.14. The summed E-state index contributed by atoms with van der Waals surface area (Å²) in [4.78, 5) is 10.7. The molecular formula is C13H14BrN3O3S. The zero-order chi connectivity index (χ0) is 15.2. The summed E-state index contributed by atoms with van der Waals surface area (Å²) in [5.74, 6) is -0.240. The van der Waals surface area contributed by atoms with E-state index in [0.29, 0.717) is 24.1 Å². The highest BCUT2D eigenvalue weighted by Gasteiger charge is 2.15. The van der Waals surface area contributed by atoms with Gasteiger partial charge in [0.05, 0.1) is 18.9 Å². The van der Waals surface area contributed by atoms with Crippen molar-refractivity contribution < 1.29 is 14.6 Å². The molecule has 0 spiro atoms.